The summed E-state index contributed by atoms with van der Waals surface area (Å²) in [5.74, 6) is -0.966. The Labute approximate surface area is 351 Å². The number of ether oxygens (including phenoxy) is 3. The first kappa shape index (κ1) is 54.1. The molecule has 0 radical (unpaired) electrons. The van der Waals surface area contributed by atoms with Crippen molar-refractivity contribution in [3.05, 3.63) is 60.8 Å². The number of unbranched alkanes of at least 4 members (excludes halogenated alkanes) is 21. The zero-order chi connectivity index (χ0) is 41.5. The van der Waals surface area contributed by atoms with Crippen molar-refractivity contribution in [3.63, 3.8) is 0 Å². The average molecular weight is 797 g/mol. The summed E-state index contributed by atoms with van der Waals surface area (Å²) < 4.78 is 16.7. The fraction of sp³-hybridized carbons (Fsp3) is 0.745. The van der Waals surface area contributed by atoms with E-state index in [1.807, 2.05) is 0 Å². The second-order valence-electron chi connectivity index (χ2n) is 15.6. The van der Waals surface area contributed by atoms with Gasteiger partial charge in [-0.25, -0.2) is 0 Å². The van der Waals surface area contributed by atoms with E-state index in [0.717, 1.165) is 96.3 Å². The van der Waals surface area contributed by atoms with Crippen molar-refractivity contribution in [2.45, 2.75) is 232 Å². The summed E-state index contributed by atoms with van der Waals surface area (Å²) in [6.45, 7) is 6.35. The molecule has 0 amide bonds. The molecule has 0 rings (SSSR count). The molecule has 0 saturated heterocycles. The van der Waals surface area contributed by atoms with E-state index in [4.69, 9.17) is 14.2 Å². The van der Waals surface area contributed by atoms with Gasteiger partial charge in [0.15, 0.2) is 6.10 Å². The summed E-state index contributed by atoms with van der Waals surface area (Å²) in [6.07, 6.45) is 55.0. The van der Waals surface area contributed by atoms with E-state index in [9.17, 15) is 14.4 Å². The smallest absolute Gasteiger partial charge is 0.306 e. The number of carbonyl (C=O) groups is 3. The van der Waals surface area contributed by atoms with Crippen LogP contribution in [0.25, 0.3) is 0 Å². The predicted molar refractivity (Wildman–Crippen MR) is 242 cm³/mol. The average Bonchev–Trinajstić information content (AvgIpc) is 3.21. The van der Waals surface area contributed by atoms with E-state index in [0.29, 0.717) is 19.3 Å². The minimum Gasteiger partial charge on any atom is -0.462 e. The molecule has 0 aliphatic rings. The molecular formula is C51H88O6. The molecule has 1 atom stereocenters. The third kappa shape index (κ3) is 44.1. The van der Waals surface area contributed by atoms with Crippen molar-refractivity contribution in [3.8, 4) is 0 Å². The minimum absolute atomic E-state index is 0.0943. The van der Waals surface area contributed by atoms with Gasteiger partial charge in [0.25, 0.3) is 0 Å². The van der Waals surface area contributed by atoms with Crippen LogP contribution in [0.4, 0.5) is 0 Å². The molecule has 0 saturated carbocycles. The monoisotopic (exact) mass is 797 g/mol. The Morgan fingerprint density at radius 3 is 1.14 bits per heavy atom. The van der Waals surface area contributed by atoms with Crippen molar-refractivity contribution >= 4 is 17.9 Å². The normalized spacial score (nSPS) is 12.5. The molecular weight excluding hydrogens is 709 g/mol. The maximum Gasteiger partial charge on any atom is 0.306 e. The lowest BCUT2D eigenvalue weighted by atomic mass is 10.0. The number of esters is 3. The molecule has 0 aromatic rings. The van der Waals surface area contributed by atoms with Crippen LogP contribution in [0.15, 0.2) is 60.8 Å². The fourth-order valence-corrected chi connectivity index (χ4v) is 6.50. The highest BCUT2D eigenvalue weighted by Gasteiger charge is 2.19. The van der Waals surface area contributed by atoms with Gasteiger partial charge in [-0.1, -0.05) is 197 Å². The highest BCUT2D eigenvalue weighted by Crippen LogP contribution is 2.15. The second kappa shape index (κ2) is 45.8. The van der Waals surface area contributed by atoms with Gasteiger partial charge in [0.1, 0.15) is 13.2 Å². The van der Waals surface area contributed by atoms with E-state index in [1.54, 1.807) is 0 Å². The van der Waals surface area contributed by atoms with Crippen molar-refractivity contribution in [1.29, 1.82) is 0 Å². The molecule has 6 heteroatoms. The second-order valence-corrected chi connectivity index (χ2v) is 15.6. The highest BCUT2D eigenvalue weighted by molar-refractivity contribution is 5.71. The predicted octanol–water partition coefficient (Wildman–Crippen LogP) is 15.3. The summed E-state index contributed by atoms with van der Waals surface area (Å²) in [5, 5.41) is 0. The van der Waals surface area contributed by atoms with Gasteiger partial charge in [-0.05, 0) is 70.6 Å². The largest absolute Gasteiger partial charge is 0.462 e. The topological polar surface area (TPSA) is 78.9 Å². The van der Waals surface area contributed by atoms with Crippen LogP contribution in [0, 0.1) is 0 Å². The third-order valence-corrected chi connectivity index (χ3v) is 10.0. The number of rotatable bonds is 42. The molecule has 0 bridgehead atoms. The Hall–Kier alpha value is -2.89. The standard InChI is InChI=1S/C51H88O6/c1-4-7-10-13-16-19-22-24-25-26-27-30-32-35-38-41-44-50(53)56-47-48(46-55-49(52)43-40-37-34-31-28-21-18-15-12-9-6-3)57-51(54)45-42-39-36-33-29-23-20-17-14-11-8-5-2/h8-9,11-12,17-18,20-21,31,34,48H,4-7,10,13-16,19,22-30,32-33,35-47H2,1-3H3/b11-8-,12-9-,20-17-,21-18-,34-31-. The van der Waals surface area contributed by atoms with Crippen LogP contribution >= 0.6 is 0 Å². The van der Waals surface area contributed by atoms with Crippen LogP contribution in [-0.2, 0) is 28.6 Å². The minimum atomic E-state index is -0.797. The zero-order valence-electron chi connectivity index (χ0n) is 37.3. The quantitative estimate of drug-likeness (QED) is 0.0265. The van der Waals surface area contributed by atoms with Crippen molar-refractivity contribution in [2.75, 3.05) is 13.2 Å². The van der Waals surface area contributed by atoms with Gasteiger partial charge in [-0.15, -0.1) is 0 Å². The lowest BCUT2D eigenvalue weighted by molar-refractivity contribution is -0.167. The Kier molecular flexibility index (Phi) is 43.5. The SMILES string of the molecule is CC/C=C\C/C=C\C/C=C\CCCC(=O)OCC(COC(=O)CCCCCCCCCCCCCCCCCC)OC(=O)CCCCCCC/C=C\C/C=C\CC. The molecule has 0 aromatic heterocycles. The lowest BCUT2D eigenvalue weighted by Gasteiger charge is -2.18. The highest BCUT2D eigenvalue weighted by atomic mass is 16.6. The van der Waals surface area contributed by atoms with E-state index in [2.05, 4.69) is 81.5 Å². The Morgan fingerprint density at radius 2 is 0.702 bits per heavy atom. The number of allylic oxidation sites excluding steroid dienone is 10. The van der Waals surface area contributed by atoms with Gasteiger partial charge in [0.05, 0.1) is 0 Å². The van der Waals surface area contributed by atoms with Crippen molar-refractivity contribution in [2.24, 2.45) is 0 Å². The van der Waals surface area contributed by atoms with Crippen molar-refractivity contribution in [1.82, 2.24) is 0 Å². The fourth-order valence-electron chi connectivity index (χ4n) is 6.50. The molecule has 0 N–H and O–H groups in total. The summed E-state index contributed by atoms with van der Waals surface area (Å²) >= 11 is 0. The molecule has 6 nitrogen and oxygen atoms in total. The van der Waals surface area contributed by atoms with E-state index in [-0.39, 0.29) is 37.5 Å². The van der Waals surface area contributed by atoms with Crippen LogP contribution in [0.3, 0.4) is 0 Å². The van der Waals surface area contributed by atoms with E-state index < -0.39 is 6.10 Å². The number of hydrogen-bond donors (Lipinski definition) is 0. The summed E-state index contributed by atoms with van der Waals surface area (Å²) in [5.41, 5.74) is 0. The molecule has 1 unspecified atom stereocenters. The van der Waals surface area contributed by atoms with E-state index >= 15 is 0 Å². The van der Waals surface area contributed by atoms with Crippen LogP contribution in [0.2, 0.25) is 0 Å². The van der Waals surface area contributed by atoms with Gasteiger partial charge in [0, 0.05) is 19.3 Å². The van der Waals surface area contributed by atoms with Gasteiger partial charge in [0.2, 0.25) is 0 Å². The van der Waals surface area contributed by atoms with Crippen LogP contribution in [-0.4, -0.2) is 37.2 Å². The summed E-state index contributed by atoms with van der Waals surface area (Å²) in [4.78, 5) is 37.8. The Balaban J connectivity index is 4.39. The molecule has 0 aliphatic heterocycles. The molecule has 0 spiro atoms. The Bertz CT molecular complexity index is 1050. The Morgan fingerprint density at radius 1 is 0.368 bits per heavy atom. The zero-order valence-corrected chi connectivity index (χ0v) is 37.3. The first-order chi connectivity index (χ1) is 28.0. The van der Waals surface area contributed by atoms with Gasteiger partial charge >= 0.3 is 17.9 Å². The van der Waals surface area contributed by atoms with Crippen LogP contribution < -0.4 is 0 Å². The van der Waals surface area contributed by atoms with Gasteiger partial charge in [-0.3, -0.25) is 14.4 Å². The van der Waals surface area contributed by atoms with E-state index in [1.165, 1.54) is 83.5 Å². The first-order valence-corrected chi connectivity index (χ1v) is 23.8. The number of carbonyl (C=O) groups excluding carboxylic acids is 3. The summed E-state index contributed by atoms with van der Waals surface area (Å²) in [7, 11) is 0. The number of hydrogen-bond acceptors (Lipinski definition) is 6. The third-order valence-electron chi connectivity index (χ3n) is 10.0. The summed E-state index contributed by atoms with van der Waals surface area (Å²) in [6, 6.07) is 0. The molecule has 0 aliphatic carbocycles. The molecule has 0 heterocycles. The molecule has 0 aromatic carbocycles. The van der Waals surface area contributed by atoms with Gasteiger partial charge < -0.3 is 14.2 Å². The van der Waals surface area contributed by atoms with Crippen LogP contribution in [0.5, 0.6) is 0 Å². The maximum atomic E-state index is 12.7. The van der Waals surface area contributed by atoms with Crippen molar-refractivity contribution < 1.29 is 28.6 Å². The maximum absolute atomic E-state index is 12.7. The molecule has 0 fully saturated rings. The van der Waals surface area contributed by atoms with Gasteiger partial charge in [-0.2, -0.15) is 0 Å². The first-order valence-electron chi connectivity index (χ1n) is 23.8. The lowest BCUT2D eigenvalue weighted by Crippen LogP contribution is -2.30. The molecule has 328 valence electrons. The molecule has 57 heavy (non-hydrogen) atoms. The van der Waals surface area contributed by atoms with Crippen LogP contribution in [0.1, 0.15) is 226 Å².